The molecule has 174 valence electrons. The highest BCUT2D eigenvalue weighted by atomic mass is 35.5. The van der Waals surface area contributed by atoms with E-state index in [4.69, 9.17) is 22.1 Å². The first kappa shape index (κ1) is 22.2. The normalized spacial score (nSPS) is 21.6. The Morgan fingerprint density at radius 1 is 1.12 bits per heavy atom. The Morgan fingerprint density at radius 3 is 2.59 bits per heavy atom. The fourth-order valence-corrected chi connectivity index (χ4v) is 5.51. The molecule has 2 heterocycles. The molecule has 1 spiro atoms. The number of esters is 1. The van der Waals surface area contributed by atoms with Gasteiger partial charge in [-0.1, -0.05) is 17.7 Å². The highest BCUT2D eigenvalue weighted by molar-refractivity contribution is 6.31. The standard InChI is InChI=1S/C26H24ClN3O4/c1-13-7-9-16(11-14(13)2)30-19-5-4-6-20(31)21(19)26(22(23(30)28)24(32)34-3)17-12-15(27)8-10-18(17)29-25(26)33/h7-12H,4-6,28H2,1-3H3,(H,29,33). The van der Waals surface area contributed by atoms with Crippen LogP contribution in [-0.2, 0) is 24.5 Å². The van der Waals surface area contributed by atoms with Crippen LogP contribution < -0.4 is 16.0 Å². The third kappa shape index (κ3) is 2.86. The zero-order chi connectivity index (χ0) is 24.4. The van der Waals surface area contributed by atoms with Gasteiger partial charge in [0.15, 0.2) is 5.78 Å². The van der Waals surface area contributed by atoms with Crippen LogP contribution in [0.5, 0.6) is 0 Å². The van der Waals surface area contributed by atoms with Gasteiger partial charge < -0.3 is 15.8 Å². The number of ether oxygens (including phenoxy) is 1. The summed E-state index contributed by atoms with van der Waals surface area (Å²) in [5.41, 5.74) is 9.53. The van der Waals surface area contributed by atoms with Crippen molar-refractivity contribution < 1.29 is 19.1 Å². The summed E-state index contributed by atoms with van der Waals surface area (Å²) in [7, 11) is 1.23. The number of hydrogen-bond donors (Lipinski definition) is 2. The summed E-state index contributed by atoms with van der Waals surface area (Å²) in [4.78, 5) is 42.4. The molecule has 1 atom stereocenters. The van der Waals surface area contributed by atoms with Crippen LogP contribution >= 0.6 is 11.6 Å². The molecule has 1 amide bonds. The van der Waals surface area contributed by atoms with Crippen LogP contribution in [-0.4, -0.2) is 24.8 Å². The van der Waals surface area contributed by atoms with E-state index in [0.29, 0.717) is 40.5 Å². The van der Waals surface area contributed by atoms with Crippen LogP contribution in [0.2, 0.25) is 5.02 Å². The molecular weight excluding hydrogens is 454 g/mol. The summed E-state index contributed by atoms with van der Waals surface area (Å²) in [5, 5.41) is 3.21. The second kappa shape index (κ2) is 7.74. The van der Waals surface area contributed by atoms with E-state index in [1.54, 1.807) is 23.1 Å². The van der Waals surface area contributed by atoms with Crippen molar-refractivity contribution in [2.75, 3.05) is 17.3 Å². The molecule has 5 rings (SSSR count). The number of hydrogen-bond acceptors (Lipinski definition) is 6. The van der Waals surface area contributed by atoms with E-state index >= 15 is 0 Å². The number of nitrogens with zero attached hydrogens (tertiary/aromatic N) is 1. The highest BCUT2D eigenvalue weighted by Crippen LogP contribution is 2.56. The molecule has 0 aromatic heterocycles. The topological polar surface area (TPSA) is 102 Å². The van der Waals surface area contributed by atoms with Crippen LogP contribution in [0.1, 0.15) is 36.0 Å². The second-order valence-electron chi connectivity index (χ2n) is 8.85. The van der Waals surface area contributed by atoms with E-state index in [0.717, 1.165) is 11.1 Å². The van der Waals surface area contributed by atoms with Crippen molar-refractivity contribution in [3.8, 4) is 0 Å². The minimum atomic E-state index is -1.74. The quantitative estimate of drug-likeness (QED) is 0.633. The van der Waals surface area contributed by atoms with Crippen LogP contribution in [0.25, 0.3) is 0 Å². The predicted molar refractivity (Wildman–Crippen MR) is 129 cm³/mol. The number of anilines is 2. The summed E-state index contributed by atoms with van der Waals surface area (Å²) in [6.45, 7) is 3.98. The molecule has 2 aliphatic heterocycles. The van der Waals surface area contributed by atoms with Crippen molar-refractivity contribution in [3.05, 3.63) is 80.8 Å². The number of fused-ring (bicyclic) bond motifs is 3. The number of methoxy groups -OCH3 is 1. The van der Waals surface area contributed by atoms with Gasteiger partial charge in [0.05, 0.1) is 7.11 Å². The van der Waals surface area contributed by atoms with Crippen molar-refractivity contribution in [2.45, 2.75) is 38.5 Å². The molecule has 2 aromatic carbocycles. The number of rotatable bonds is 2. The lowest BCUT2D eigenvalue weighted by Crippen LogP contribution is -2.53. The zero-order valence-electron chi connectivity index (χ0n) is 19.1. The van der Waals surface area contributed by atoms with E-state index in [1.165, 1.54) is 7.11 Å². The summed E-state index contributed by atoms with van der Waals surface area (Å²) in [6.07, 6.45) is 1.40. The van der Waals surface area contributed by atoms with Crippen molar-refractivity contribution in [3.63, 3.8) is 0 Å². The lowest BCUT2D eigenvalue weighted by Gasteiger charge is -2.44. The highest BCUT2D eigenvalue weighted by Gasteiger charge is 2.62. The fourth-order valence-electron chi connectivity index (χ4n) is 5.34. The monoisotopic (exact) mass is 477 g/mol. The Hall–Kier alpha value is -3.58. The largest absolute Gasteiger partial charge is 0.466 e. The maximum atomic E-state index is 13.8. The lowest BCUT2D eigenvalue weighted by atomic mass is 9.63. The van der Waals surface area contributed by atoms with E-state index in [-0.39, 0.29) is 29.2 Å². The maximum absolute atomic E-state index is 13.8. The van der Waals surface area contributed by atoms with Gasteiger partial charge in [-0.05, 0) is 68.1 Å². The number of ketones is 1. The Morgan fingerprint density at radius 2 is 1.88 bits per heavy atom. The lowest BCUT2D eigenvalue weighted by molar-refractivity contribution is -0.138. The van der Waals surface area contributed by atoms with Crippen molar-refractivity contribution in [1.29, 1.82) is 0 Å². The summed E-state index contributed by atoms with van der Waals surface area (Å²) in [6, 6.07) is 10.7. The van der Waals surface area contributed by atoms with Gasteiger partial charge in [0, 0.05) is 39.7 Å². The Balaban J connectivity index is 1.91. The Kier molecular flexibility index (Phi) is 5.06. The first-order chi connectivity index (χ1) is 16.2. The fraction of sp³-hybridized carbons (Fsp3) is 0.269. The SMILES string of the molecule is COC(=O)C1=C(N)N(c2ccc(C)c(C)c2)C2=C(C(=O)CCC2)C12C(=O)Nc1ccc(Cl)cc12. The number of halogens is 1. The first-order valence-electron chi connectivity index (χ1n) is 11.1. The van der Waals surface area contributed by atoms with Gasteiger partial charge in [-0.25, -0.2) is 4.79 Å². The number of carbonyl (C=O) groups is 3. The summed E-state index contributed by atoms with van der Waals surface area (Å²) < 4.78 is 5.13. The molecule has 1 unspecified atom stereocenters. The van der Waals surface area contributed by atoms with Crippen molar-refractivity contribution in [2.24, 2.45) is 5.73 Å². The molecule has 0 radical (unpaired) electrons. The average molecular weight is 478 g/mol. The summed E-state index contributed by atoms with van der Waals surface area (Å²) in [5.74, 6) is -1.44. The van der Waals surface area contributed by atoms with Gasteiger partial charge >= 0.3 is 5.97 Å². The van der Waals surface area contributed by atoms with E-state index in [1.807, 2.05) is 32.0 Å². The molecule has 34 heavy (non-hydrogen) atoms. The molecule has 0 saturated carbocycles. The molecule has 7 nitrogen and oxygen atoms in total. The van der Waals surface area contributed by atoms with Gasteiger partial charge in [-0.3, -0.25) is 14.5 Å². The van der Waals surface area contributed by atoms with E-state index in [9.17, 15) is 14.4 Å². The van der Waals surface area contributed by atoms with Gasteiger partial charge in [0.25, 0.3) is 0 Å². The van der Waals surface area contributed by atoms with Gasteiger partial charge in [-0.2, -0.15) is 0 Å². The zero-order valence-corrected chi connectivity index (χ0v) is 19.9. The molecule has 1 aliphatic carbocycles. The number of allylic oxidation sites excluding steroid dienone is 1. The molecule has 2 aromatic rings. The van der Waals surface area contributed by atoms with Gasteiger partial charge in [0.1, 0.15) is 16.8 Å². The Bertz CT molecular complexity index is 1360. The van der Waals surface area contributed by atoms with Gasteiger partial charge in [0.2, 0.25) is 5.91 Å². The molecule has 8 heteroatoms. The van der Waals surface area contributed by atoms with Crippen molar-refractivity contribution >= 4 is 40.6 Å². The van der Waals surface area contributed by atoms with Crippen molar-refractivity contribution in [1.82, 2.24) is 0 Å². The van der Waals surface area contributed by atoms with Crippen LogP contribution in [0.15, 0.2) is 59.1 Å². The predicted octanol–water partition coefficient (Wildman–Crippen LogP) is 4.02. The minimum Gasteiger partial charge on any atom is -0.466 e. The maximum Gasteiger partial charge on any atom is 0.339 e. The third-order valence-electron chi connectivity index (χ3n) is 7.01. The third-order valence-corrected chi connectivity index (χ3v) is 7.25. The number of nitrogens with two attached hydrogens (primary N) is 1. The molecule has 0 fully saturated rings. The number of amides is 1. The number of carbonyl (C=O) groups excluding carboxylic acids is 3. The number of aryl methyl sites for hydroxylation is 2. The second-order valence-corrected chi connectivity index (χ2v) is 9.28. The molecule has 0 bridgehead atoms. The van der Waals surface area contributed by atoms with Gasteiger partial charge in [-0.15, -0.1) is 0 Å². The minimum absolute atomic E-state index is 0.0616. The van der Waals surface area contributed by atoms with Crippen LogP contribution in [0, 0.1) is 13.8 Å². The van der Waals surface area contributed by atoms with E-state index < -0.39 is 17.3 Å². The van der Waals surface area contributed by atoms with Crippen LogP contribution in [0.3, 0.4) is 0 Å². The first-order valence-corrected chi connectivity index (χ1v) is 11.4. The molecule has 3 aliphatic rings. The number of Topliss-reactive ketones (excluding diaryl/α,β-unsaturated/α-hetero) is 1. The number of benzene rings is 2. The molecular formula is C26H24ClN3O4. The van der Waals surface area contributed by atoms with E-state index in [2.05, 4.69) is 5.32 Å². The molecule has 3 N–H and O–H groups in total. The van der Waals surface area contributed by atoms with Crippen LogP contribution in [0.4, 0.5) is 11.4 Å². The summed E-state index contributed by atoms with van der Waals surface area (Å²) >= 11 is 6.33. The smallest absolute Gasteiger partial charge is 0.339 e. The molecule has 0 saturated heterocycles. The average Bonchev–Trinajstić information content (AvgIpc) is 3.07. The Labute approximate surface area is 202 Å². The number of nitrogens with one attached hydrogen (secondary N) is 1.